The van der Waals surface area contributed by atoms with Crippen LogP contribution in [0.1, 0.15) is 12.0 Å². The summed E-state index contributed by atoms with van der Waals surface area (Å²) < 4.78 is 7.42. The molecule has 0 spiro atoms. The number of benzene rings is 3. The summed E-state index contributed by atoms with van der Waals surface area (Å²) in [6.07, 6.45) is 1.03. The van der Waals surface area contributed by atoms with Gasteiger partial charge in [0.05, 0.1) is 18.1 Å². The summed E-state index contributed by atoms with van der Waals surface area (Å²) in [5.41, 5.74) is 4.88. The Morgan fingerprint density at radius 2 is 1.72 bits per heavy atom. The Labute approximate surface area is 170 Å². The molecular formula is C24H23N3O2. The van der Waals surface area contributed by atoms with Gasteiger partial charge in [-0.15, -0.1) is 0 Å². The lowest BCUT2D eigenvalue weighted by atomic mass is 10.1. The fourth-order valence-electron chi connectivity index (χ4n) is 3.49. The molecule has 1 N–H and O–H groups in total. The summed E-state index contributed by atoms with van der Waals surface area (Å²) in [5.74, 6) is 1.69. The zero-order valence-corrected chi connectivity index (χ0v) is 16.6. The average Bonchev–Trinajstić information content (AvgIpc) is 3.10. The van der Waals surface area contributed by atoms with Gasteiger partial charge < -0.3 is 14.6 Å². The van der Waals surface area contributed by atoms with Crippen LogP contribution in [-0.2, 0) is 18.3 Å². The van der Waals surface area contributed by atoms with E-state index in [0.29, 0.717) is 12.8 Å². The summed E-state index contributed by atoms with van der Waals surface area (Å²) in [4.78, 5) is 17.1. The second kappa shape index (κ2) is 8.19. The minimum absolute atomic E-state index is 0.0219. The van der Waals surface area contributed by atoms with E-state index in [2.05, 4.69) is 16.0 Å². The summed E-state index contributed by atoms with van der Waals surface area (Å²) in [7, 11) is 3.66. The molecule has 5 heteroatoms. The van der Waals surface area contributed by atoms with Crippen molar-refractivity contribution in [1.29, 1.82) is 0 Å². The first-order chi connectivity index (χ1) is 14.2. The zero-order valence-electron chi connectivity index (χ0n) is 16.6. The monoisotopic (exact) mass is 385 g/mol. The second-order valence-electron chi connectivity index (χ2n) is 6.92. The molecule has 4 rings (SSSR count). The first-order valence-corrected chi connectivity index (χ1v) is 9.59. The number of rotatable bonds is 6. The summed E-state index contributed by atoms with van der Waals surface area (Å²) in [6.45, 7) is 0. The molecule has 0 saturated heterocycles. The van der Waals surface area contributed by atoms with Gasteiger partial charge in [0, 0.05) is 24.7 Å². The standard InChI is InChI=1S/C24H23N3O2/c1-27-21-9-5-4-8-20(21)26-24(27)18-11-14-19(15-12-18)25-23(28)16-13-17-7-3-6-10-22(17)29-2/h3-12,14-15H,13,16H2,1-2H3,(H,25,28). The van der Waals surface area contributed by atoms with E-state index in [1.807, 2.05) is 73.8 Å². The fraction of sp³-hybridized carbons (Fsp3) is 0.167. The topological polar surface area (TPSA) is 56.1 Å². The number of ether oxygens (including phenoxy) is 1. The van der Waals surface area contributed by atoms with Crippen LogP contribution in [-0.4, -0.2) is 22.6 Å². The number of nitrogens with one attached hydrogen (secondary N) is 1. The molecule has 0 bridgehead atoms. The first kappa shape index (κ1) is 18.7. The van der Waals surface area contributed by atoms with E-state index in [9.17, 15) is 4.79 Å². The van der Waals surface area contributed by atoms with E-state index >= 15 is 0 Å². The number of methoxy groups -OCH3 is 1. The Hall–Kier alpha value is -3.60. The van der Waals surface area contributed by atoms with Gasteiger partial charge in [0.15, 0.2) is 0 Å². The number of aromatic nitrogens is 2. The summed E-state index contributed by atoms with van der Waals surface area (Å²) in [5, 5.41) is 2.96. The van der Waals surface area contributed by atoms with Crippen LogP contribution in [0.3, 0.4) is 0 Å². The van der Waals surface area contributed by atoms with Gasteiger partial charge in [-0.25, -0.2) is 4.98 Å². The van der Waals surface area contributed by atoms with Crippen LogP contribution in [0, 0.1) is 0 Å². The van der Waals surface area contributed by atoms with Crippen molar-refractivity contribution in [3.63, 3.8) is 0 Å². The normalized spacial score (nSPS) is 10.8. The Morgan fingerprint density at radius 3 is 2.48 bits per heavy atom. The molecule has 0 aliphatic heterocycles. The van der Waals surface area contributed by atoms with E-state index in [0.717, 1.165) is 39.4 Å². The predicted octanol–water partition coefficient (Wildman–Crippen LogP) is 4.82. The largest absolute Gasteiger partial charge is 0.496 e. The summed E-state index contributed by atoms with van der Waals surface area (Å²) in [6, 6.07) is 23.6. The van der Waals surface area contributed by atoms with Gasteiger partial charge in [-0.2, -0.15) is 0 Å². The number of aryl methyl sites for hydroxylation is 2. The number of anilines is 1. The molecular weight excluding hydrogens is 362 g/mol. The summed E-state index contributed by atoms with van der Waals surface area (Å²) >= 11 is 0. The maximum atomic E-state index is 12.3. The minimum atomic E-state index is -0.0219. The number of carbonyl (C=O) groups excluding carboxylic acids is 1. The molecule has 29 heavy (non-hydrogen) atoms. The van der Waals surface area contributed by atoms with Crippen molar-refractivity contribution in [2.75, 3.05) is 12.4 Å². The average molecular weight is 385 g/mol. The lowest BCUT2D eigenvalue weighted by Crippen LogP contribution is -2.12. The van der Waals surface area contributed by atoms with E-state index in [4.69, 9.17) is 9.72 Å². The number of hydrogen-bond acceptors (Lipinski definition) is 3. The number of para-hydroxylation sites is 3. The third-order valence-corrected chi connectivity index (χ3v) is 5.03. The van der Waals surface area contributed by atoms with Gasteiger partial charge in [-0.1, -0.05) is 30.3 Å². The quantitative estimate of drug-likeness (QED) is 0.518. The number of imidazole rings is 1. The highest BCUT2D eigenvalue weighted by atomic mass is 16.5. The SMILES string of the molecule is COc1ccccc1CCC(=O)Nc1ccc(-c2nc3ccccc3n2C)cc1. The highest BCUT2D eigenvalue weighted by Gasteiger charge is 2.10. The lowest BCUT2D eigenvalue weighted by Gasteiger charge is -2.09. The van der Waals surface area contributed by atoms with Crippen LogP contribution in [0.25, 0.3) is 22.4 Å². The molecule has 0 aliphatic rings. The van der Waals surface area contributed by atoms with Crippen molar-refractivity contribution in [3.05, 3.63) is 78.4 Å². The Morgan fingerprint density at radius 1 is 1.00 bits per heavy atom. The number of fused-ring (bicyclic) bond motifs is 1. The number of nitrogens with zero attached hydrogens (tertiary/aromatic N) is 2. The molecule has 0 fully saturated rings. The van der Waals surface area contributed by atoms with E-state index in [1.54, 1.807) is 7.11 Å². The van der Waals surface area contributed by atoms with Crippen LogP contribution >= 0.6 is 0 Å². The van der Waals surface area contributed by atoms with Crippen LogP contribution in [0.4, 0.5) is 5.69 Å². The van der Waals surface area contributed by atoms with Gasteiger partial charge in [0.1, 0.15) is 11.6 Å². The molecule has 1 heterocycles. The smallest absolute Gasteiger partial charge is 0.224 e. The lowest BCUT2D eigenvalue weighted by molar-refractivity contribution is -0.116. The van der Waals surface area contributed by atoms with Crippen LogP contribution in [0.2, 0.25) is 0 Å². The molecule has 146 valence electrons. The number of carbonyl (C=O) groups is 1. The van der Waals surface area contributed by atoms with Crippen LogP contribution in [0.15, 0.2) is 72.8 Å². The highest BCUT2D eigenvalue weighted by Crippen LogP contribution is 2.25. The van der Waals surface area contributed by atoms with Gasteiger partial charge in [-0.3, -0.25) is 4.79 Å². The van der Waals surface area contributed by atoms with Crippen molar-refractivity contribution in [1.82, 2.24) is 9.55 Å². The first-order valence-electron chi connectivity index (χ1n) is 9.59. The molecule has 1 aromatic heterocycles. The highest BCUT2D eigenvalue weighted by molar-refractivity contribution is 5.91. The minimum Gasteiger partial charge on any atom is -0.496 e. The Balaban J connectivity index is 1.42. The molecule has 0 saturated carbocycles. The van der Waals surface area contributed by atoms with Gasteiger partial charge in [0.2, 0.25) is 5.91 Å². The van der Waals surface area contributed by atoms with Crippen molar-refractivity contribution in [2.45, 2.75) is 12.8 Å². The fourth-order valence-corrected chi connectivity index (χ4v) is 3.49. The van der Waals surface area contributed by atoms with Crippen LogP contribution < -0.4 is 10.1 Å². The molecule has 4 aromatic rings. The third-order valence-electron chi connectivity index (χ3n) is 5.03. The van der Waals surface area contributed by atoms with E-state index < -0.39 is 0 Å². The second-order valence-corrected chi connectivity index (χ2v) is 6.92. The Kier molecular flexibility index (Phi) is 5.29. The zero-order chi connectivity index (χ0) is 20.2. The molecule has 0 aliphatic carbocycles. The van der Waals surface area contributed by atoms with Crippen molar-refractivity contribution in [3.8, 4) is 17.1 Å². The van der Waals surface area contributed by atoms with E-state index in [-0.39, 0.29) is 5.91 Å². The Bertz CT molecular complexity index is 1150. The van der Waals surface area contributed by atoms with Crippen molar-refractivity contribution < 1.29 is 9.53 Å². The maximum Gasteiger partial charge on any atom is 0.224 e. The maximum absolute atomic E-state index is 12.3. The molecule has 0 atom stereocenters. The van der Waals surface area contributed by atoms with Gasteiger partial charge in [0.25, 0.3) is 0 Å². The molecule has 5 nitrogen and oxygen atoms in total. The third kappa shape index (κ3) is 3.99. The van der Waals surface area contributed by atoms with Gasteiger partial charge >= 0.3 is 0 Å². The van der Waals surface area contributed by atoms with Crippen LogP contribution in [0.5, 0.6) is 5.75 Å². The molecule has 0 radical (unpaired) electrons. The number of amides is 1. The molecule has 3 aromatic carbocycles. The van der Waals surface area contributed by atoms with Crippen molar-refractivity contribution in [2.24, 2.45) is 7.05 Å². The van der Waals surface area contributed by atoms with Crippen molar-refractivity contribution >= 4 is 22.6 Å². The number of hydrogen-bond donors (Lipinski definition) is 1. The molecule has 1 amide bonds. The van der Waals surface area contributed by atoms with E-state index in [1.165, 1.54) is 0 Å². The predicted molar refractivity (Wildman–Crippen MR) is 116 cm³/mol. The molecule has 0 unspecified atom stereocenters. The van der Waals surface area contributed by atoms with Gasteiger partial charge in [-0.05, 0) is 54.4 Å².